The Hall–Kier alpha value is -1.62. The molecular formula is C16H28N4O. The Kier molecular flexibility index (Phi) is 7.15. The fourth-order valence-electron chi connectivity index (χ4n) is 2.15. The van der Waals surface area contributed by atoms with Crippen LogP contribution in [-0.4, -0.2) is 61.0 Å². The molecule has 1 amide bonds. The number of anilines is 1. The van der Waals surface area contributed by atoms with Crippen LogP contribution in [0.3, 0.4) is 0 Å². The third-order valence-electron chi connectivity index (χ3n) is 3.16. The zero-order valence-electron chi connectivity index (χ0n) is 13.9. The second kappa shape index (κ2) is 8.62. The number of carbonyl (C=O) groups excluding carboxylic acids is 1. The second-order valence-corrected chi connectivity index (χ2v) is 5.51. The molecule has 1 heterocycles. The Morgan fingerprint density at radius 3 is 2.48 bits per heavy atom. The lowest BCUT2D eigenvalue weighted by Gasteiger charge is -2.24. The first kappa shape index (κ1) is 17.4. The predicted molar refractivity (Wildman–Crippen MR) is 87.9 cm³/mol. The number of amides is 1. The fraction of sp³-hybridized carbons (Fsp3) is 0.625. The molecule has 0 saturated heterocycles. The van der Waals surface area contributed by atoms with E-state index >= 15 is 0 Å². The average Bonchev–Trinajstić information content (AvgIpc) is 2.42. The number of rotatable bonds is 8. The molecule has 0 unspecified atom stereocenters. The predicted octanol–water partition coefficient (Wildman–Crippen LogP) is 2.24. The van der Waals surface area contributed by atoms with Crippen LogP contribution in [0.1, 0.15) is 36.3 Å². The number of hydrogen-bond acceptors (Lipinski definition) is 4. The van der Waals surface area contributed by atoms with Crippen molar-refractivity contribution in [2.45, 2.75) is 27.2 Å². The van der Waals surface area contributed by atoms with Crippen LogP contribution < -0.4 is 5.32 Å². The lowest BCUT2D eigenvalue weighted by molar-refractivity contribution is 0.0745. The Morgan fingerprint density at radius 1 is 1.19 bits per heavy atom. The monoisotopic (exact) mass is 292 g/mol. The van der Waals surface area contributed by atoms with Crippen molar-refractivity contribution in [2.75, 3.05) is 45.6 Å². The summed E-state index contributed by atoms with van der Waals surface area (Å²) in [5.74, 6) is 0.855. The van der Waals surface area contributed by atoms with Crippen molar-refractivity contribution >= 4 is 11.7 Å². The number of carbonyl (C=O) groups is 1. The number of nitrogens with one attached hydrogen (secondary N) is 1. The zero-order valence-corrected chi connectivity index (χ0v) is 13.9. The summed E-state index contributed by atoms with van der Waals surface area (Å²) >= 11 is 0. The summed E-state index contributed by atoms with van der Waals surface area (Å²) in [6.45, 7) is 9.23. The summed E-state index contributed by atoms with van der Waals surface area (Å²) in [7, 11) is 4.04. The van der Waals surface area contributed by atoms with Crippen LogP contribution in [0.5, 0.6) is 0 Å². The molecule has 1 aromatic heterocycles. The number of aryl methyl sites for hydroxylation is 1. The van der Waals surface area contributed by atoms with Gasteiger partial charge in [-0.25, -0.2) is 4.98 Å². The highest BCUT2D eigenvalue weighted by Crippen LogP contribution is 2.13. The molecule has 1 aromatic rings. The molecular weight excluding hydrogens is 264 g/mol. The van der Waals surface area contributed by atoms with Gasteiger partial charge in [0.05, 0.1) is 0 Å². The number of likely N-dealkylation sites (N-methyl/N-ethyl adjacent to an activating group) is 1. The lowest BCUT2D eigenvalue weighted by Crippen LogP contribution is -2.37. The minimum Gasteiger partial charge on any atom is -0.370 e. The van der Waals surface area contributed by atoms with E-state index in [4.69, 9.17) is 0 Å². The van der Waals surface area contributed by atoms with Crippen molar-refractivity contribution in [2.24, 2.45) is 0 Å². The van der Waals surface area contributed by atoms with E-state index in [1.807, 2.05) is 45.0 Å². The van der Waals surface area contributed by atoms with E-state index in [0.717, 1.165) is 44.1 Å². The van der Waals surface area contributed by atoms with Crippen molar-refractivity contribution in [3.63, 3.8) is 0 Å². The molecule has 0 bridgehead atoms. The largest absolute Gasteiger partial charge is 0.370 e. The van der Waals surface area contributed by atoms with Gasteiger partial charge in [0, 0.05) is 37.4 Å². The third kappa shape index (κ3) is 5.71. The van der Waals surface area contributed by atoms with Crippen molar-refractivity contribution in [1.82, 2.24) is 14.8 Å². The summed E-state index contributed by atoms with van der Waals surface area (Å²) in [5.41, 5.74) is 1.58. The minimum atomic E-state index is 0.0864. The first-order valence-electron chi connectivity index (χ1n) is 7.64. The molecule has 5 nitrogen and oxygen atoms in total. The fourth-order valence-corrected chi connectivity index (χ4v) is 2.15. The van der Waals surface area contributed by atoms with Gasteiger partial charge >= 0.3 is 0 Å². The highest BCUT2D eigenvalue weighted by Gasteiger charge is 2.16. The van der Waals surface area contributed by atoms with Gasteiger partial charge in [0.2, 0.25) is 0 Å². The van der Waals surface area contributed by atoms with Gasteiger partial charge in [0.15, 0.2) is 0 Å². The van der Waals surface area contributed by atoms with Crippen LogP contribution in [0.15, 0.2) is 12.1 Å². The number of aromatic nitrogens is 1. The van der Waals surface area contributed by atoms with E-state index in [0.29, 0.717) is 5.56 Å². The highest BCUT2D eigenvalue weighted by atomic mass is 16.2. The molecule has 0 aromatic carbocycles. The van der Waals surface area contributed by atoms with Gasteiger partial charge in [-0.15, -0.1) is 0 Å². The summed E-state index contributed by atoms with van der Waals surface area (Å²) in [6.07, 6.45) is 0.962. The number of pyridine rings is 1. The van der Waals surface area contributed by atoms with Crippen molar-refractivity contribution < 1.29 is 4.79 Å². The first-order valence-corrected chi connectivity index (χ1v) is 7.64. The van der Waals surface area contributed by atoms with Crippen LogP contribution >= 0.6 is 0 Å². The van der Waals surface area contributed by atoms with E-state index in [1.165, 1.54) is 0 Å². The summed E-state index contributed by atoms with van der Waals surface area (Å²) < 4.78 is 0. The summed E-state index contributed by atoms with van der Waals surface area (Å²) in [5, 5.41) is 3.17. The van der Waals surface area contributed by atoms with E-state index in [-0.39, 0.29) is 5.91 Å². The van der Waals surface area contributed by atoms with E-state index in [2.05, 4.69) is 22.1 Å². The Labute approximate surface area is 128 Å². The second-order valence-electron chi connectivity index (χ2n) is 5.51. The molecule has 5 heteroatoms. The van der Waals surface area contributed by atoms with Crippen LogP contribution in [-0.2, 0) is 0 Å². The minimum absolute atomic E-state index is 0.0864. The third-order valence-corrected chi connectivity index (χ3v) is 3.16. The molecule has 0 atom stereocenters. The summed E-state index contributed by atoms with van der Waals surface area (Å²) in [4.78, 5) is 21.1. The Balaban J connectivity index is 2.91. The molecule has 1 N–H and O–H groups in total. The lowest BCUT2D eigenvalue weighted by atomic mass is 10.2. The SMILES string of the molecule is CCCN(CCN(C)C)C(=O)c1cc(C)nc(NCC)c1. The molecule has 0 aliphatic carbocycles. The van der Waals surface area contributed by atoms with Crippen LogP contribution in [0.25, 0.3) is 0 Å². The molecule has 0 aliphatic rings. The maximum absolute atomic E-state index is 12.7. The smallest absolute Gasteiger partial charge is 0.254 e. The van der Waals surface area contributed by atoms with Crippen molar-refractivity contribution in [3.05, 3.63) is 23.4 Å². The van der Waals surface area contributed by atoms with Gasteiger partial charge in [0.1, 0.15) is 5.82 Å². The first-order chi connectivity index (χ1) is 9.97. The van der Waals surface area contributed by atoms with Crippen LogP contribution in [0.4, 0.5) is 5.82 Å². The Morgan fingerprint density at radius 2 is 1.90 bits per heavy atom. The maximum Gasteiger partial charge on any atom is 0.254 e. The zero-order chi connectivity index (χ0) is 15.8. The molecule has 0 saturated carbocycles. The molecule has 0 spiro atoms. The van der Waals surface area contributed by atoms with E-state index in [9.17, 15) is 4.79 Å². The van der Waals surface area contributed by atoms with Gasteiger partial charge in [-0.2, -0.15) is 0 Å². The average molecular weight is 292 g/mol. The molecule has 118 valence electrons. The van der Waals surface area contributed by atoms with Gasteiger partial charge in [0.25, 0.3) is 5.91 Å². The van der Waals surface area contributed by atoms with Crippen LogP contribution in [0.2, 0.25) is 0 Å². The van der Waals surface area contributed by atoms with Gasteiger partial charge in [-0.05, 0) is 46.5 Å². The quantitative estimate of drug-likeness (QED) is 0.798. The van der Waals surface area contributed by atoms with E-state index < -0.39 is 0 Å². The normalized spacial score (nSPS) is 10.8. The van der Waals surface area contributed by atoms with Gasteiger partial charge in [-0.1, -0.05) is 6.92 Å². The molecule has 0 aliphatic heterocycles. The molecule has 21 heavy (non-hydrogen) atoms. The molecule has 0 fully saturated rings. The Bertz CT molecular complexity index is 460. The highest BCUT2D eigenvalue weighted by molar-refractivity contribution is 5.95. The van der Waals surface area contributed by atoms with Crippen molar-refractivity contribution in [1.29, 1.82) is 0 Å². The van der Waals surface area contributed by atoms with Crippen LogP contribution in [0, 0.1) is 6.92 Å². The standard InChI is InChI=1S/C16H28N4O/c1-6-8-20(10-9-19(4)5)16(21)14-11-13(3)18-15(12-14)17-7-2/h11-12H,6-10H2,1-5H3,(H,17,18). The number of hydrogen-bond donors (Lipinski definition) is 1. The maximum atomic E-state index is 12.7. The number of nitrogens with zero attached hydrogens (tertiary/aromatic N) is 3. The van der Waals surface area contributed by atoms with Crippen molar-refractivity contribution in [3.8, 4) is 0 Å². The molecule has 1 rings (SSSR count). The van der Waals surface area contributed by atoms with Gasteiger partial charge in [-0.3, -0.25) is 4.79 Å². The summed E-state index contributed by atoms with van der Waals surface area (Å²) in [6, 6.07) is 3.71. The van der Waals surface area contributed by atoms with Gasteiger partial charge < -0.3 is 15.1 Å². The van der Waals surface area contributed by atoms with E-state index in [1.54, 1.807) is 0 Å². The molecule has 0 radical (unpaired) electrons. The topological polar surface area (TPSA) is 48.5 Å².